The molecule has 0 radical (unpaired) electrons. The molecule has 1 aliphatic carbocycles. The molecule has 0 saturated heterocycles. The number of hydrogen-bond donors (Lipinski definition) is 1. The number of carbonyl (C=O) groups is 1. The van der Waals surface area contributed by atoms with Crippen LogP contribution in [-0.2, 0) is 18.4 Å². The lowest BCUT2D eigenvalue weighted by Crippen LogP contribution is -2.41. The summed E-state index contributed by atoms with van der Waals surface area (Å²) in [6, 6.07) is 7.60. The van der Waals surface area contributed by atoms with E-state index in [1.165, 1.54) is 31.0 Å². The topological polar surface area (TPSA) is 69.0 Å². The van der Waals surface area contributed by atoms with E-state index in [1.807, 2.05) is 29.8 Å². The monoisotopic (exact) mass is 408 g/mol. The van der Waals surface area contributed by atoms with Gasteiger partial charge in [0, 0.05) is 13.1 Å². The normalized spacial score (nSPS) is 19.7. The summed E-state index contributed by atoms with van der Waals surface area (Å²) in [6.07, 6.45) is 4.72. The Morgan fingerprint density at radius 3 is 2.89 bits per heavy atom. The lowest BCUT2D eigenvalue weighted by atomic mass is 9.86. The minimum Gasteiger partial charge on any atom is -0.484 e. The average Bonchev–Trinajstić information content (AvgIpc) is 3.01. The number of nitrogens with zero attached hydrogens (tertiary/aromatic N) is 3. The van der Waals surface area contributed by atoms with Gasteiger partial charge in [0.2, 0.25) is 5.91 Å². The Hall–Kier alpha value is -1.73. The Morgan fingerprint density at radius 1 is 1.33 bits per heavy atom. The van der Waals surface area contributed by atoms with Gasteiger partial charge in [0.25, 0.3) is 0 Å². The van der Waals surface area contributed by atoms with Gasteiger partial charge in [0.05, 0.1) is 10.8 Å². The summed E-state index contributed by atoms with van der Waals surface area (Å²) in [5, 5.41) is 12.7. The highest BCUT2D eigenvalue weighted by atomic mass is 35.5. The Morgan fingerprint density at radius 2 is 2.11 bits per heavy atom. The van der Waals surface area contributed by atoms with E-state index in [2.05, 4.69) is 22.4 Å². The summed E-state index contributed by atoms with van der Waals surface area (Å²) < 4.78 is 7.56. The van der Waals surface area contributed by atoms with Gasteiger partial charge >= 0.3 is 0 Å². The Kier molecular flexibility index (Phi) is 7.01. The Balaban J connectivity index is 1.49. The summed E-state index contributed by atoms with van der Waals surface area (Å²) in [5.74, 6) is 2.23. The van der Waals surface area contributed by atoms with Crippen molar-refractivity contribution >= 4 is 29.3 Å². The Labute approximate surface area is 169 Å². The molecule has 0 aliphatic heterocycles. The first-order valence-electron chi connectivity index (χ1n) is 9.22. The molecule has 1 saturated carbocycles. The fourth-order valence-corrected chi connectivity index (χ4v) is 4.14. The molecule has 0 unspecified atom stereocenters. The number of rotatable bonds is 7. The van der Waals surface area contributed by atoms with Crippen LogP contribution < -0.4 is 10.1 Å². The fourth-order valence-electron chi connectivity index (χ4n) is 3.21. The maximum absolute atomic E-state index is 12.3. The molecule has 6 nitrogen and oxygen atoms in total. The van der Waals surface area contributed by atoms with Crippen molar-refractivity contribution < 1.29 is 9.53 Å². The predicted molar refractivity (Wildman–Crippen MR) is 107 cm³/mol. The molecule has 2 aromatic rings. The molecule has 0 spiro atoms. The molecule has 1 amide bonds. The van der Waals surface area contributed by atoms with E-state index in [0.717, 1.165) is 6.42 Å². The molecule has 1 heterocycles. The molecule has 8 heteroatoms. The first kappa shape index (κ1) is 20.0. The maximum atomic E-state index is 12.3. The van der Waals surface area contributed by atoms with Gasteiger partial charge in [-0.3, -0.25) is 4.79 Å². The number of hydrogen-bond acceptors (Lipinski definition) is 5. The van der Waals surface area contributed by atoms with Crippen molar-refractivity contribution in [1.82, 2.24) is 20.1 Å². The zero-order valence-corrected chi connectivity index (χ0v) is 17.2. The third-order valence-electron chi connectivity index (χ3n) is 4.91. The number of para-hydroxylation sites is 1. The highest BCUT2D eigenvalue weighted by Crippen LogP contribution is 2.25. The van der Waals surface area contributed by atoms with E-state index < -0.39 is 0 Å². The molecule has 2 atom stereocenters. The molecular weight excluding hydrogens is 384 g/mol. The summed E-state index contributed by atoms with van der Waals surface area (Å²) in [6.45, 7) is 2.48. The zero-order chi connectivity index (χ0) is 19.2. The molecule has 1 aliphatic rings. The van der Waals surface area contributed by atoms with Crippen molar-refractivity contribution in [2.75, 3.05) is 5.75 Å². The first-order chi connectivity index (χ1) is 13.0. The van der Waals surface area contributed by atoms with Crippen LogP contribution in [0.15, 0.2) is 29.4 Å². The quantitative estimate of drug-likeness (QED) is 0.705. The summed E-state index contributed by atoms with van der Waals surface area (Å²) >= 11 is 7.48. The number of nitrogens with one attached hydrogen (secondary N) is 1. The van der Waals surface area contributed by atoms with E-state index in [9.17, 15) is 4.79 Å². The van der Waals surface area contributed by atoms with Gasteiger partial charge in [0.15, 0.2) is 11.0 Å². The van der Waals surface area contributed by atoms with E-state index in [-0.39, 0.29) is 12.5 Å². The van der Waals surface area contributed by atoms with Gasteiger partial charge in [-0.2, -0.15) is 0 Å². The van der Waals surface area contributed by atoms with Gasteiger partial charge in [0.1, 0.15) is 12.4 Å². The molecule has 27 heavy (non-hydrogen) atoms. The lowest BCUT2D eigenvalue weighted by molar-refractivity contribution is -0.119. The van der Waals surface area contributed by atoms with Crippen molar-refractivity contribution in [2.45, 2.75) is 50.4 Å². The predicted octanol–water partition coefficient (Wildman–Crippen LogP) is 3.83. The van der Waals surface area contributed by atoms with Crippen LogP contribution in [0, 0.1) is 5.92 Å². The summed E-state index contributed by atoms with van der Waals surface area (Å²) in [7, 11) is 1.87. The van der Waals surface area contributed by atoms with Gasteiger partial charge in [-0.15, -0.1) is 10.2 Å². The Bertz CT molecular complexity index is 783. The van der Waals surface area contributed by atoms with Gasteiger partial charge in [-0.25, -0.2) is 0 Å². The molecule has 1 aromatic heterocycles. The standard InChI is InChI=1S/C19H25ClN4O2S/c1-13-7-3-5-9-15(13)21-18(25)12-27-19-23-22-17(24(19)2)11-26-16-10-6-4-8-14(16)20/h4,6,8,10,13,15H,3,5,7,9,11-12H2,1-2H3,(H,21,25)/t13-,15-/m0/s1. The second-order valence-electron chi connectivity index (χ2n) is 6.90. The van der Waals surface area contributed by atoms with Crippen molar-refractivity contribution in [2.24, 2.45) is 13.0 Å². The van der Waals surface area contributed by atoms with Gasteiger partial charge < -0.3 is 14.6 Å². The van der Waals surface area contributed by atoms with E-state index in [1.54, 1.807) is 6.07 Å². The number of aromatic nitrogens is 3. The van der Waals surface area contributed by atoms with Crippen LogP contribution in [0.3, 0.4) is 0 Å². The van der Waals surface area contributed by atoms with Crippen LogP contribution in [0.1, 0.15) is 38.4 Å². The van der Waals surface area contributed by atoms with Crippen LogP contribution >= 0.6 is 23.4 Å². The zero-order valence-electron chi connectivity index (χ0n) is 15.7. The van der Waals surface area contributed by atoms with E-state index in [0.29, 0.717) is 39.5 Å². The average molecular weight is 409 g/mol. The van der Waals surface area contributed by atoms with Crippen molar-refractivity contribution in [3.8, 4) is 5.75 Å². The number of benzene rings is 1. The molecule has 1 N–H and O–H groups in total. The molecule has 0 bridgehead atoms. The maximum Gasteiger partial charge on any atom is 0.230 e. The minimum atomic E-state index is 0.0515. The smallest absolute Gasteiger partial charge is 0.230 e. The number of halogens is 1. The first-order valence-corrected chi connectivity index (χ1v) is 10.6. The van der Waals surface area contributed by atoms with Crippen LogP contribution in [-0.4, -0.2) is 32.5 Å². The summed E-state index contributed by atoms with van der Waals surface area (Å²) in [5.41, 5.74) is 0. The van der Waals surface area contributed by atoms with Gasteiger partial charge in [-0.05, 0) is 30.9 Å². The highest BCUT2D eigenvalue weighted by Gasteiger charge is 2.23. The summed E-state index contributed by atoms with van der Waals surface area (Å²) in [4.78, 5) is 12.3. The number of carbonyl (C=O) groups excluding carboxylic acids is 1. The van der Waals surface area contributed by atoms with Gasteiger partial charge in [-0.1, -0.05) is 55.3 Å². The third kappa shape index (κ3) is 5.39. The second kappa shape index (κ2) is 9.46. The fraction of sp³-hybridized carbons (Fsp3) is 0.526. The second-order valence-corrected chi connectivity index (χ2v) is 8.25. The largest absolute Gasteiger partial charge is 0.484 e. The van der Waals surface area contributed by atoms with Crippen LogP contribution in [0.4, 0.5) is 0 Å². The SMILES string of the molecule is C[C@H]1CCCC[C@@H]1NC(=O)CSc1nnc(COc2ccccc2Cl)n1C. The molecular formula is C19H25ClN4O2S. The van der Waals surface area contributed by atoms with Crippen LogP contribution in [0.25, 0.3) is 0 Å². The lowest BCUT2D eigenvalue weighted by Gasteiger charge is -2.29. The molecule has 1 fully saturated rings. The van der Waals surface area contributed by atoms with E-state index in [4.69, 9.17) is 16.3 Å². The number of ether oxygens (including phenoxy) is 1. The van der Waals surface area contributed by atoms with Crippen molar-refractivity contribution in [3.05, 3.63) is 35.1 Å². The number of thioether (sulfide) groups is 1. The van der Waals surface area contributed by atoms with Crippen molar-refractivity contribution in [3.63, 3.8) is 0 Å². The van der Waals surface area contributed by atoms with Crippen molar-refractivity contribution in [1.29, 1.82) is 0 Å². The number of amides is 1. The highest BCUT2D eigenvalue weighted by molar-refractivity contribution is 7.99. The van der Waals surface area contributed by atoms with Crippen LogP contribution in [0.5, 0.6) is 5.75 Å². The molecule has 146 valence electrons. The third-order valence-corrected chi connectivity index (χ3v) is 6.24. The minimum absolute atomic E-state index is 0.0515. The van der Waals surface area contributed by atoms with E-state index >= 15 is 0 Å². The molecule has 3 rings (SSSR count). The van der Waals surface area contributed by atoms with Crippen LogP contribution in [0.2, 0.25) is 5.02 Å². The molecule has 1 aromatic carbocycles.